The first-order valence-electron chi connectivity index (χ1n) is 15.4. The second-order valence-corrected chi connectivity index (χ2v) is 11.5. The quantitative estimate of drug-likeness (QED) is 0.249. The molecule has 10 nitrogen and oxygen atoms in total. The fourth-order valence-electron chi connectivity index (χ4n) is 4.89. The maximum Gasteiger partial charge on any atom is 0.408 e. The van der Waals surface area contributed by atoms with Crippen LogP contribution in [0.2, 0.25) is 0 Å². The number of alkyl halides is 2. The Hall–Kier alpha value is -4.84. The van der Waals surface area contributed by atoms with Crippen molar-refractivity contribution in [1.82, 2.24) is 15.5 Å². The van der Waals surface area contributed by atoms with E-state index in [4.69, 9.17) is 14.2 Å². The van der Waals surface area contributed by atoms with Crippen molar-refractivity contribution in [2.24, 2.45) is 5.92 Å². The van der Waals surface area contributed by atoms with E-state index in [1.165, 1.54) is 0 Å². The molecule has 0 radical (unpaired) electrons. The van der Waals surface area contributed by atoms with E-state index in [1.807, 2.05) is 36.4 Å². The van der Waals surface area contributed by atoms with Crippen molar-refractivity contribution in [2.75, 3.05) is 26.3 Å². The van der Waals surface area contributed by atoms with E-state index in [0.717, 1.165) is 16.0 Å². The number of halogens is 2. The number of nitrogens with zero attached hydrogens (tertiary/aromatic N) is 1. The highest BCUT2D eigenvalue weighted by atomic mass is 19.3. The van der Waals surface area contributed by atoms with Crippen LogP contribution in [0, 0.1) is 5.92 Å². The van der Waals surface area contributed by atoms with Crippen LogP contribution in [0.15, 0.2) is 84.9 Å². The van der Waals surface area contributed by atoms with E-state index < -0.39 is 47.6 Å². The van der Waals surface area contributed by atoms with Crippen molar-refractivity contribution in [2.45, 2.75) is 51.5 Å². The Morgan fingerprint density at radius 3 is 1.96 bits per heavy atom. The third kappa shape index (κ3) is 10.1. The molecule has 0 spiro atoms. The number of carbonyl (C=O) groups excluding carboxylic acids is 4. The largest absolute Gasteiger partial charge is 0.489 e. The third-order valence-electron chi connectivity index (χ3n) is 7.56. The fraction of sp³-hybridized carbons (Fsp3) is 0.371. The average molecular weight is 652 g/mol. The van der Waals surface area contributed by atoms with Gasteiger partial charge in [0.25, 0.3) is 0 Å². The van der Waals surface area contributed by atoms with Gasteiger partial charge in [-0.3, -0.25) is 14.4 Å². The van der Waals surface area contributed by atoms with Crippen LogP contribution in [-0.2, 0) is 43.5 Å². The number of benzene rings is 3. The Kier molecular flexibility index (Phi) is 12.4. The van der Waals surface area contributed by atoms with Gasteiger partial charge < -0.3 is 29.7 Å². The Balaban J connectivity index is 1.49. The van der Waals surface area contributed by atoms with Crippen molar-refractivity contribution in [3.63, 3.8) is 0 Å². The molecule has 1 saturated heterocycles. The third-order valence-corrected chi connectivity index (χ3v) is 7.56. The summed E-state index contributed by atoms with van der Waals surface area (Å²) in [6.07, 6.45) is -1.25. The van der Waals surface area contributed by atoms with Crippen molar-refractivity contribution in [1.29, 1.82) is 0 Å². The SMILES string of the molecule is CC(C)[C@H](NC(=O)OCc1ccccc1)C(=O)N[C@@H](Cc1ccc(OCc2ccccc2)cc1)C(=O)C(F)(F)C(=O)N1CCOCC1. The molecular weight excluding hydrogens is 612 g/mol. The van der Waals surface area contributed by atoms with Crippen molar-refractivity contribution in [3.05, 3.63) is 102 Å². The van der Waals surface area contributed by atoms with E-state index in [1.54, 1.807) is 62.4 Å². The number of amides is 3. The van der Waals surface area contributed by atoms with Crippen LogP contribution >= 0.6 is 0 Å². The normalized spacial score (nSPS) is 14.5. The molecule has 0 saturated carbocycles. The van der Waals surface area contributed by atoms with Crippen molar-refractivity contribution < 1.29 is 42.2 Å². The summed E-state index contributed by atoms with van der Waals surface area (Å²) < 4.78 is 47.2. The molecule has 2 N–H and O–H groups in total. The molecule has 2 atom stereocenters. The molecule has 3 amide bonds. The Morgan fingerprint density at radius 2 is 1.38 bits per heavy atom. The number of hydrogen-bond donors (Lipinski definition) is 2. The molecule has 0 unspecified atom stereocenters. The molecule has 1 aliphatic heterocycles. The lowest BCUT2D eigenvalue weighted by atomic mass is 9.96. The molecule has 12 heteroatoms. The second kappa shape index (κ2) is 16.6. The topological polar surface area (TPSA) is 123 Å². The molecule has 3 aromatic rings. The zero-order valence-electron chi connectivity index (χ0n) is 26.3. The Bertz CT molecular complexity index is 1480. The van der Waals surface area contributed by atoms with Gasteiger partial charge in [0.15, 0.2) is 0 Å². The van der Waals surface area contributed by atoms with Gasteiger partial charge in [0, 0.05) is 19.5 Å². The van der Waals surface area contributed by atoms with Crippen molar-refractivity contribution >= 4 is 23.7 Å². The molecule has 0 aliphatic carbocycles. The molecule has 4 rings (SSSR count). The Labute approximate surface area is 272 Å². The lowest BCUT2D eigenvalue weighted by Crippen LogP contribution is -2.60. The van der Waals surface area contributed by atoms with E-state index in [2.05, 4.69) is 10.6 Å². The summed E-state index contributed by atoms with van der Waals surface area (Å²) in [7, 11) is 0. The summed E-state index contributed by atoms with van der Waals surface area (Å²) in [4.78, 5) is 53.1. The molecule has 1 heterocycles. The van der Waals surface area contributed by atoms with Crippen LogP contribution in [0.5, 0.6) is 5.75 Å². The second-order valence-electron chi connectivity index (χ2n) is 11.5. The number of hydrogen-bond acceptors (Lipinski definition) is 7. The smallest absolute Gasteiger partial charge is 0.408 e. The molecule has 1 aliphatic rings. The molecule has 1 fully saturated rings. The summed E-state index contributed by atoms with van der Waals surface area (Å²) in [5.41, 5.74) is 2.11. The number of morpholine rings is 1. The minimum Gasteiger partial charge on any atom is -0.489 e. The molecule has 250 valence electrons. The molecule has 3 aromatic carbocycles. The van der Waals surface area contributed by atoms with Crippen LogP contribution in [0.4, 0.5) is 13.6 Å². The number of ether oxygens (including phenoxy) is 3. The highest BCUT2D eigenvalue weighted by Gasteiger charge is 2.52. The predicted octanol–water partition coefficient (Wildman–Crippen LogP) is 4.31. The minimum atomic E-state index is -4.43. The summed E-state index contributed by atoms with van der Waals surface area (Å²) in [6, 6.07) is 21.8. The highest BCUT2D eigenvalue weighted by molar-refractivity contribution is 6.10. The van der Waals surface area contributed by atoms with Crippen molar-refractivity contribution in [3.8, 4) is 5.75 Å². The van der Waals surface area contributed by atoms with Crippen LogP contribution in [0.1, 0.15) is 30.5 Å². The van der Waals surface area contributed by atoms with Gasteiger partial charge in [0.2, 0.25) is 11.7 Å². The zero-order valence-corrected chi connectivity index (χ0v) is 26.3. The van der Waals surface area contributed by atoms with Gasteiger partial charge in [0.1, 0.15) is 25.0 Å². The van der Waals surface area contributed by atoms with E-state index in [-0.39, 0.29) is 39.3 Å². The average Bonchev–Trinajstić information content (AvgIpc) is 3.09. The molecule has 47 heavy (non-hydrogen) atoms. The standard InChI is InChI=1S/C35H39F2N3O7/c1-24(2)30(39-34(44)47-23-27-11-7-4-8-12-27)32(42)38-29(31(41)35(36,37)33(43)40-17-19-45-20-18-40)21-25-13-15-28(16-14-25)46-22-26-9-5-3-6-10-26/h3-16,24,29-30H,17-23H2,1-2H3,(H,38,42)(H,39,44)/t29-,30-/m0/s1. The molecule has 0 bridgehead atoms. The van der Waals surface area contributed by atoms with E-state index in [0.29, 0.717) is 17.9 Å². The van der Waals surface area contributed by atoms with Gasteiger partial charge in [-0.15, -0.1) is 0 Å². The number of rotatable bonds is 14. The molecular formula is C35H39F2N3O7. The van der Waals surface area contributed by atoms with Gasteiger partial charge in [-0.2, -0.15) is 8.78 Å². The summed E-state index contributed by atoms with van der Waals surface area (Å²) in [5, 5.41) is 4.85. The highest BCUT2D eigenvalue weighted by Crippen LogP contribution is 2.24. The van der Waals surface area contributed by atoms with E-state index in [9.17, 15) is 19.2 Å². The summed E-state index contributed by atoms with van der Waals surface area (Å²) in [6.45, 7) is 3.49. The van der Waals surface area contributed by atoms with Gasteiger partial charge in [-0.25, -0.2) is 4.79 Å². The van der Waals surface area contributed by atoms with Gasteiger partial charge in [-0.05, 0) is 34.7 Å². The number of ketones is 1. The first-order valence-corrected chi connectivity index (χ1v) is 15.4. The van der Waals surface area contributed by atoms with Gasteiger partial charge in [0.05, 0.1) is 19.3 Å². The minimum absolute atomic E-state index is 0.0544. The number of nitrogens with one attached hydrogen (secondary N) is 2. The van der Waals surface area contributed by atoms with Crippen LogP contribution in [0.25, 0.3) is 0 Å². The number of Topliss-reactive ketones (excluding diaryl/α,β-unsaturated/α-hetero) is 1. The van der Waals surface area contributed by atoms with Crippen LogP contribution in [-0.4, -0.2) is 72.9 Å². The lowest BCUT2D eigenvalue weighted by molar-refractivity contribution is -0.170. The number of carbonyl (C=O) groups is 4. The van der Waals surface area contributed by atoms with Crippen LogP contribution in [0.3, 0.4) is 0 Å². The first-order chi connectivity index (χ1) is 22.5. The zero-order chi connectivity index (χ0) is 33.8. The van der Waals surface area contributed by atoms with Gasteiger partial charge >= 0.3 is 17.9 Å². The predicted molar refractivity (Wildman–Crippen MR) is 169 cm³/mol. The first kappa shape index (κ1) is 35.0. The lowest BCUT2D eigenvalue weighted by Gasteiger charge is -2.31. The number of alkyl carbamates (subject to hydrolysis) is 1. The van der Waals surface area contributed by atoms with E-state index >= 15 is 8.78 Å². The Morgan fingerprint density at radius 1 is 0.809 bits per heavy atom. The molecule has 0 aromatic heterocycles. The van der Waals surface area contributed by atoms with Gasteiger partial charge in [-0.1, -0.05) is 86.6 Å². The monoisotopic (exact) mass is 651 g/mol. The summed E-state index contributed by atoms with van der Waals surface area (Å²) >= 11 is 0. The summed E-state index contributed by atoms with van der Waals surface area (Å²) in [5.74, 6) is -8.73. The van der Waals surface area contributed by atoms with Crippen LogP contribution < -0.4 is 15.4 Å². The maximum absolute atomic E-state index is 15.5. The maximum atomic E-state index is 15.5. The fourth-order valence-corrected chi connectivity index (χ4v) is 4.89.